The largest absolute Gasteiger partial charge is 0.481 e. The van der Waals surface area contributed by atoms with Gasteiger partial charge in [-0.3, -0.25) is 19.4 Å². The van der Waals surface area contributed by atoms with Gasteiger partial charge in [0.1, 0.15) is 5.69 Å². The summed E-state index contributed by atoms with van der Waals surface area (Å²) >= 11 is 0. The number of carbonyl (C=O) groups is 2. The number of likely N-dealkylation sites (tertiary alicyclic amines) is 1. The first-order valence-corrected chi connectivity index (χ1v) is 6.61. The van der Waals surface area contributed by atoms with Crippen molar-refractivity contribution in [1.29, 1.82) is 0 Å². The first-order chi connectivity index (χ1) is 9.56. The normalized spacial score (nSPS) is 16.1. The van der Waals surface area contributed by atoms with Crippen molar-refractivity contribution in [2.75, 3.05) is 13.1 Å². The number of aromatic amines is 1. The van der Waals surface area contributed by atoms with E-state index in [4.69, 9.17) is 5.11 Å². The third-order valence-electron chi connectivity index (χ3n) is 3.55. The molecule has 108 valence electrons. The lowest BCUT2D eigenvalue weighted by molar-refractivity contribution is -0.137. The molecule has 7 heteroatoms. The van der Waals surface area contributed by atoms with Crippen LogP contribution in [0.2, 0.25) is 0 Å². The van der Waals surface area contributed by atoms with Crippen LogP contribution in [0, 0.1) is 5.92 Å². The second kappa shape index (κ2) is 6.31. The molecule has 0 aromatic carbocycles. The predicted molar refractivity (Wildman–Crippen MR) is 70.4 cm³/mol. The Morgan fingerprint density at radius 3 is 2.65 bits per heavy atom. The van der Waals surface area contributed by atoms with Crippen LogP contribution in [0.15, 0.2) is 17.2 Å². The minimum atomic E-state index is -0.781. The molecule has 0 aliphatic carbocycles. The minimum absolute atomic E-state index is 0.175. The molecule has 1 aromatic rings. The molecular formula is C13H17N3O4. The first kappa shape index (κ1) is 14.2. The second-order valence-corrected chi connectivity index (χ2v) is 4.98. The van der Waals surface area contributed by atoms with Crippen molar-refractivity contribution in [2.24, 2.45) is 5.92 Å². The lowest BCUT2D eigenvalue weighted by atomic mass is 9.92. The van der Waals surface area contributed by atoms with Crippen LogP contribution < -0.4 is 5.56 Å². The van der Waals surface area contributed by atoms with Crippen LogP contribution in [0.1, 0.15) is 36.2 Å². The average molecular weight is 279 g/mol. The van der Waals surface area contributed by atoms with Crippen molar-refractivity contribution in [3.8, 4) is 0 Å². The number of rotatable bonds is 4. The number of carboxylic acid groups (broad SMARTS) is 1. The molecule has 0 bridgehead atoms. The highest BCUT2D eigenvalue weighted by Gasteiger charge is 2.24. The molecule has 20 heavy (non-hydrogen) atoms. The van der Waals surface area contributed by atoms with Crippen molar-refractivity contribution < 1.29 is 14.7 Å². The van der Waals surface area contributed by atoms with Gasteiger partial charge in [-0.1, -0.05) is 0 Å². The summed E-state index contributed by atoms with van der Waals surface area (Å²) in [5.41, 5.74) is -0.200. The molecule has 1 aliphatic heterocycles. The van der Waals surface area contributed by atoms with Gasteiger partial charge in [-0.05, 0) is 25.2 Å². The number of carboxylic acids is 1. The molecule has 7 nitrogen and oxygen atoms in total. The van der Waals surface area contributed by atoms with Crippen LogP contribution >= 0.6 is 0 Å². The van der Waals surface area contributed by atoms with Crippen LogP contribution in [-0.2, 0) is 4.79 Å². The summed E-state index contributed by atoms with van der Waals surface area (Å²) in [7, 11) is 0. The molecule has 0 unspecified atom stereocenters. The predicted octanol–water partition coefficient (Wildman–Crippen LogP) is 0.487. The number of piperidine rings is 1. The number of amides is 1. The van der Waals surface area contributed by atoms with E-state index < -0.39 is 11.5 Å². The van der Waals surface area contributed by atoms with E-state index in [2.05, 4.69) is 9.97 Å². The van der Waals surface area contributed by atoms with Crippen LogP contribution in [0.5, 0.6) is 0 Å². The van der Waals surface area contributed by atoms with Crippen LogP contribution in [0.25, 0.3) is 0 Å². The number of aliphatic carboxylic acids is 1. The van der Waals surface area contributed by atoms with Gasteiger partial charge in [-0.2, -0.15) is 0 Å². The zero-order chi connectivity index (χ0) is 14.5. The number of nitrogens with zero attached hydrogens (tertiary/aromatic N) is 2. The Balaban J connectivity index is 1.89. The van der Waals surface area contributed by atoms with E-state index in [1.165, 1.54) is 6.20 Å². The molecule has 1 fully saturated rings. The van der Waals surface area contributed by atoms with E-state index in [1.54, 1.807) is 4.90 Å². The summed E-state index contributed by atoms with van der Waals surface area (Å²) in [6.07, 6.45) is 4.89. The Bertz CT molecular complexity index is 547. The number of nitrogens with one attached hydrogen (secondary N) is 1. The maximum Gasteiger partial charge on any atom is 0.303 e. The van der Waals surface area contributed by atoms with E-state index in [0.29, 0.717) is 25.4 Å². The number of hydrogen-bond acceptors (Lipinski definition) is 4. The topological polar surface area (TPSA) is 103 Å². The quantitative estimate of drug-likeness (QED) is 0.834. The Hall–Kier alpha value is -2.18. The summed E-state index contributed by atoms with van der Waals surface area (Å²) in [6.45, 7) is 1.17. The average Bonchev–Trinajstić information content (AvgIpc) is 2.45. The first-order valence-electron chi connectivity index (χ1n) is 6.61. The monoisotopic (exact) mass is 279 g/mol. The zero-order valence-electron chi connectivity index (χ0n) is 11.0. The summed E-state index contributed by atoms with van der Waals surface area (Å²) in [5, 5.41) is 8.65. The van der Waals surface area contributed by atoms with Crippen molar-refractivity contribution in [3.63, 3.8) is 0 Å². The molecule has 1 aliphatic rings. The summed E-state index contributed by atoms with van der Waals surface area (Å²) in [6, 6.07) is 0. The van der Waals surface area contributed by atoms with Crippen molar-refractivity contribution in [1.82, 2.24) is 14.9 Å². The Labute approximate surface area is 115 Å². The van der Waals surface area contributed by atoms with Crippen molar-refractivity contribution >= 4 is 11.9 Å². The molecule has 1 amide bonds. The Morgan fingerprint density at radius 1 is 1.35 bits per heavy atom. The molecule has 2 heterocycles. The number of hydrogen-bond donors (Lipinski definition) is 2. The Morgan fingerprint density at radius 2 is 2.05 bits per heavy atom. The second-order valence-electron chi connectivity index (χ2n) is 4.98. The minimum Gasteiger partial charge on any atom is -0.481 e. The van der Waals surface area contributed by atoms with Crippen molar-refractivity contribution in [2.45, 2.75) is 25.7 Å². The van der Waals surface area contributed by atoms with Gasteiger partial charge in [-0.25, -0.2) is 0 Å². The third kappa shape index (κ3) is 3.66. The van der Waals surface area contributed by atoms with Gasteiger partial charge in [0.05, 0.1) is 12.4 Å². The highest BCUT2D eigenvalue weighted by molar-refractivity contribution is 5.92. The van der Waals surface area contributed by atoms with E-state index in [9.17, 15) is 14.4 Å². The van der Waals surface area contributed by atoms with Gasteiger partial charge in [0.15, 0.2) is 0 Å². The smallest absolute Gasteiger partial charge is 0.303 e. The van der Waals surface area contributed by atoms with Gasteiger partial charge in [0.2, 0.25) is 0 Å². The molecular weight excluding hydrogens is 262 g/mol. The molecule has 0 spiro atoms. The fourth-order valence-corrected chi connectivity index (χ4v) is 2.41. The molecule has 1 aromatic heterocycles. The standard InChI is InChI=1S/C13H17N3O4/c17-11-8-14-7-10(15-11)13(20)16-5-3-9(4-6-16)1-2-12(18)19/h7-9H,1-6H2,(H,15,17)(H,18,19). The molecule has 0 saturated carbocycles. The molecule has 2 N–H and O–H groups in total. The lowest BCUT2D eigenvalue weighted by Crippen LogP contribution is -2.39. The van der Waals surface area contributed by atoms with Crippen LogP contribution in [-0.4, -0.2) is 44.9 Å². The maximum atomic E-state index is 12.1. The van der Waals surface area contributed by atoms with E-state index >= 15 is 0 Å². The fraction of sp³-hybridized carbons (Fsp3) is 0.538. The molecule has 2 rings (SSSR count). The van der Waals surface area contributed by atoms with E-state index in [1.807, 2.05) is 0 Å². The van der Waals surface area contributed by atoms with Gasteiger partial charge in [-0.15, -0.1) is 0 Å². The van der Waals surface area contributed by atoms with Gasteiger partial charge >= 0.3 is 5.97 Å². The molecule has 1 saturated heterocycles. The maximum absolute atomic E-state index is 12.1. The van der Waals surface area contributed by atoms with Gasteiger partial charge in [0.25, 0.3) is 11.5 Å². The summed E-state index contributed by atoms with van der Waals surface area (Å²) in [4.78, 5) is 41.7. The summed E-state index contributed by atoms with van der Waals surface area (Å²) in [5.74, 6) is -0.661. The van der Waals surface area contributed by atoms with Crippen LogP contribution in [0.4, 0.5) is 0 Å². The Kier molecular flexibility index (Phi) is 4.49. The zero-order valence-corrected chi connectivity index (χ0v) is 11.0. The van der Waals surface area contributed by atoms with Crippen LogP contribution in [0.3, 0.4) is 0 Å². The van der Waals surface area contributed by atoms with E-state index in [0.717, 1.165) is 19.0 Å². The highest BCUT2D eigenvalue weighted by Crippen LogP contribution is 2.22. The SMILES string of the molecule is O=C(O)CCC1CCN(C(=O)c2cncc(=O)[nH]2)CC1. The molecule has 0 radical (unpaired) electrons. The number of aromatic nitrogens is 2. The van der Waals surface area contributed by atoms with Crippen molar-refractivity contribution in [3.05, 3.63) is 28.4 Å². The summed E-state index contributed by atoms with van der Waals surface area (Å²) < 4.78 is 0. The fourth-order valence-electron chi connectivity index (χ4n) is 2.41. The van der Waals surface area contributed by atoms with E-state index in [-0.39, 0.29) is 18.0 Å². The third-order valence-corrected chi connectivity index (χ3v) is 3.55. The lowest BCUT2D eigenvalue weighted by Gasteiger charge is -2.31. The van der Waals surface area contributed by atoms with Gasteiger partial charge in [0, 0.05) is 19.5 Å². The van der Waals surface area contributed by atoms with Gasteiger partial charge < -0.3 is 15.0 Å². The number of carbonyl (C=O) groups excluding carboxylic acids is 1. The molecule has 0 atom stereocenters. The highest BCUT2D eigenvalue weighted by atomic mass is 16.4. The number of H-pyrrole nitrogens is 1.